The Balaban J connectivity index is 1.94. The van der Waals surface area contributed by atoms with E-state index in [1.54, 1.807) is 0 Å². The topological polar surface area (TPSA) is 42.4 Å². The second kappa shape index (κ2) is 10.4. The van der Waals surface area contributed by atoms with Crippen LogP contribution in [-0.2, 0) is 0 Å². The highest BCUT2D eigenvalue weighted by atomic mass is 32.2. The summed E-state index contributed by atoms with van der Waals surface area (Å²) in [7, 11) is 0. The summed E-state index contributed by atoms with van der Waals surface area (Å²) < 4.78 is 0. The highest BCUT2D eigenvalue weighted by Gasteiger charge is 2.28. The average Bonchev–Trinajstić information content (AvgIpc) is 2.78. The van der Waals surface area contributed by atoms with Gasteiger partial charge in [-0.15, -0.1) is 0 Å². The number of fused-ring (bicyclic) bond motifs is 2. The maximum absolute atomic E-state index is 8.56. The molecule has 3 rings (SSSR count). The van der Waals surface area contributed by atoms with Gasteiger partial charge in [0, 0.05) is 34.5 Å². The Hall–Kier alpha value is -1.98. The molecule has 30 heavy (non-hydrogen) atoms. The lowest BCUT2D eigenvalue weighted by Gasteiger charge is -2.39. The molecule has 2 atom stereocenters. The summed E-state index contributed by atoms with van der Waals surface area (Å²) in [5, 5.41) is 11.9. The van der Waals surface area contributed by atoms with Crippen LogP contribution < -0.4 is 10.2 Å². The second-order valence-corrected chi connectivity index (χ2v) is 9.31. The van der Waals surface area contributed by atoms with Gasteiger partial charge in [-0.25, -0.2) is 0 Å². The highest BCUT2D eigenvalue weighted by molar-refractivity contribution is 7.99. The van der Waals surface area contributed by atoms with Gasteiger partial charge < -0.3 is 15.1 Å². The maximum Gasteiger partial charge on any atom is 0.125 e. The summed E-state index contributed by atoms with van der Waals surface area (Å²) >= 11 is 1.83. The monoisotopic (exact) mass is 424 g/mol. The molecule has 5 heteroatoms. The minimum absolute atomic E-state index is 0.336. The van der Waals surface area contributed by atoms with Gasteiger partial charge in [0.25, 0.3) is 0 Å². The SMILES string of the molecule is CCC(C)CNC(=N)c1ccc2c(c1)N(C(C)CN(CC)CC)c1ccccc1S2. The molecule has 2 aromatic rings. The molecule has 0 aromatic heterocycles. The molecule has 0 amide bonds. The van der Waals surface area contributed by atoms with Crippen LogP contribution in [0.5, 0.6) is 0 Å². The van der Waals surface area contributed by atoms with Crippen LogP contribution in [0.4, 0.5) is 11.4 Å². The minimum atomic E-state index is 0.336. The van der Waals surface area contributed by atoms with E-state index in [1.165, 1.54) is 21.2 Å². The summed E-state index contributed by atoms with van der Waals surface area (Å²) in [6.07, 6.45) is 1.12. The van der Waals surface area contributed by atoms with Crippen LogP contribution in [0.3, 0.4) is 0 Å². The van der Waals surface area contributed by atoms with Crippen molar-refractivity contribution >= 4 is 29.0 Å². The van der Waals surface area contributed by atoms with Crippen molar-refractivity contribution in [2.75, 3.05) is 31.1 Å². The minimum Gasteiger partial charge on any atom is -0.370 e. The predicted octanol–water partition coefficient (Wildman–Crippen LogP) is 5.98. The number of nitrogens with one attached hydrogen (secondary N) is 2. The molecule has 162 valence electrons. The van der Waals surface area contributed by atoms with Gasteiger partial charge in [-0.05, 0) is 50.2 Å². The number of likely N-dealkylation sites (N-methyl/N-ethyl adjacent to an activating group) is 1. The fourth-order valence-corrected chi connectivity index (χ4v) is 4.93. The van der Waals surface area contributed by atoms with Gasteiger partial charge in [0.05, 0.1) is 11.4 Å². The molecule has 0 spiro atoms. The van der Waals surface area contributed by atoms with Crippen LogP contribution in [0.2, 0.25) is 0 Å². The van der Waals surface area contributed by atoms with Gasteiger partial charge in [0.2, 0.25) is 0 Å². The highest BCUT2D eigenvalue weighted by Crippen LogP contribution is 2.49. The lowest BCUT2D eigenvalue weighted by molar-refractivity contribution is 0.288. The third-order valence-corrected chi connectivity index (χ3v) is 7.16. The Morgan fingerprint density at radius 2 is 1.73 bits per heavy atom. The van der Waals surface area contributed by atoms with E-state index in [0.29, 0.717) is 17.8 Å². The molecule has 0 saturated carbocycles. The Kier molecular flexibility index (Phi) is 7.84. The van der Waals surface area contributed by atoms with Crippen molar-refractivity contribution in [3.8, 4) is 0 Å². The van der Waals surface area contributed by atoms with E-state index < -0.39 is 0 Å². The average molecular weight is 425 g/mol. The van der Waals surface area contributed by atoms with E-state index in [2.05, 4.69) is 92.2 Å². The first-order valence-electron chi connectivity index (χ1n) is 11.2. The molecule has 0 bridgehead atoms. The van der Waals surface area contributed by atoms with Crippen molar-refractivity contribution in [3.63, 3.8) is 0 Å². The van der Waals surface area contributed by atoms with Gasteiger partial charge >= 0.3 is 0 Å². The van der Waals surface area contributed by atoms with Crippen LogP contribution >= 0.6 is 11.8 Å². The van der Waals surface area contributed by atoms with Crippen LogP contribution in [0.25, 0.3) is 0 Å². The molecule has 2 aromatic carbocycles. The van der Waals surface area contributed by atoms with Gasteiger partial charge in [-0.1, -0.05) is 64.1 Å². The van der Waals surface area contributed by atoms with Crippen molar-refractivity contribution in [2.24, 2.45) is 5.92 Å². The summed E-state index contributed by atoms with van der Waals surface area (Å²) in [4.78, 5) is 7.52. The van der Waals surface area contributed by atoms with Crippen molar-refractivity contribution in [3.05, 3.63) is 48.0 Å². The Bertz CT molecular complexity index is 862. The molecule has 4 nitrogen and oxygen atoms in total. The lowest BCUT2D eigenvalue weighted by Crippen LogP contribution is -2.41. The van der Waals surface area contributed by atoms with E-state index in [-0.39, 0.29) is 0 Å². The van der Waals surface area contributed by atoms with E-state index in [9.17, 15) is 0 Å². The smallest absolute Gasteiger partial charge is 0.125 e. The molecule has 1 heterocycles. The van der Waals surface area contributed by atoms with Gasteiger partial charge in [-0.3, -0.25) is 5.41 Å². The summed E-state index contributed by atoms with van der Waals surface area (Å²) in [6, 6.07) is 15.5. The first kappa shape index (κ1) is 22.7. The standard InChI is InChI=1S/C25H36N4S/c1-6-18(4)16-27-25(26)20-13-14-24-22(15-20)29(19(5)17-28(7-2)8-3)21-11-9-10-12-23(21)30-24/h9-15,18-19H,6-8,16-17H2,1-5H3,(H2,26,27). The molecule has 1 aliphatic rings. The fraction of sp³-hybridized carbons (Fsp3) is 0.480. The zero-order valence-electron chi connectivity index (χ0n) is 19.0. The van der Waals surface area contributed by atoms with Crippen LogP contribution in [-0.4, -0.2) is 43.0 Å². The lowest BCUT2D eigenvalue weighted by atomic mass is 10.1. The summed E-state index contributed by atoms with van der Waals surface area (Å²) in [5.74, 6) is 1.08. The van der Waals surface area contributed by atoms with Crippen molar-refractivity contribution in [1.29, 1.82) is 5.41 Å². The normalized spacial score (nSPS) is 14.8. The molecular formula is C25H36N4S. The van der Waals surface area contributed by atoms with E-state index in [1.807, 2.05) is 11.8 Å². The van der Waals surface area contributed by atoms with Crippen LogP contribution in [0, 0.1) is 11.3 Å². The van der Waals surface area contributed by atoms with Crippen LogP contribution in [0.1, 0.15) is 46.6 Å². The van der Waals surface area contributed by atoms with Crippen molar-refractivity contribution in [2.45, 2.75) is 56.9 Å². The molecule has 2 unspecified atom stereocenters. The number of hydrogen-bond donors (Lipinski definition) is 2. The molecule has 0 saturated heterocycles. The van der Waals surface area contributed by atoms with E-state index in [0.717, 1.165) is 38.2 Å². The number of benzene rings is 2. The number of hydrogen-bond acceptors (Lipinski definition) is 4. The Labute approximate surface area is 186 Å². The summed E-state index contributed by atoms with van der Waals surface area (Å²) in [5.41, 5.74) is 3.44. The number of para-hydroxylation sites is 1. The number of nitrogens with zero attached hydrogens (tertiary/aromatic N) is 2. The van der Waals surface area contributed by atoms with Crippen LogP contribution in [0.15, 0.2) is 52.3 Å². The van der Waals surface area contributed by atoms with Crippen molar-refractivity contribution in [1.82, 2.24) is 10.2 Å². The van der Waals surface area contributed by atoms with Gasteiger partial charge in [-0.2, -0.15) is 0 Å². The zero-order valence-corrected chi connectivity index (χ0v) is 19.9. The van der Waals surface area contributed by atoms with Crippen molar-refractivity contribution < 1.29 is 0 Å². The number of anilines is 2. The number of rotatable bonds is 9. The van der Waals surface area contributed by atoms with Gasteiger partial charge in [0.15, 0.2) is 0 Å². The second-order valence-electron chi connectivity index (χ2n) is 8.23. The molecular weight excluding hydrogens is 388 g/mol. The van der Waals surface area contributed by atoms with Gasteiger partial charge in [0.1, 0.15) is 5.84 Å². The first-order valence-corrected chi connectivity index (χ1v) is 12.0. The zero-order chi connectivity index (χ0) is 21.7. The van der Waals surface area contributed by atoms with E-state index >= 15 is 0 Å². The molecule has 0 fully saturated rings. The Morgan fingerprint density at radius 3 is 2.43 bits per heavy atom. The maximum atomic E-state index is 8.56. The fourth-order valence-electron chi connectivity index (χ4n) is 3.87. The molecule has 0 aliphatic carbocycles. The molecule has 0 radical (unpaired) electrons. The molecule has 2 N–H and O–H groups in total. The first-order chi connectivity index (χ1) is 14.5. The van der Waals surface area contributed by atoms with E-state index in [4.69, 9.17) is 5.41 Å². The quantitative estimate of drug-likeness (QED) is 0.384. The Morgan fingerprint density at radius 1 is 1.03 bits per heavy atom. The summed E-state index contributed by atoms with van der Waals surface area (Å²) in [6.45, 7) is 15.2. The largest absolute Gasteiger partial charge is 0.370 e. The number of amidine groups is 1. The predicted molar refractivity (Wildman–Crippen MR) is 131 cm³/mol. The molecule has 1 aliphatic heterocycles. The third-order valence-electron chi connectivity index (χ3n) is 6.03. The third kappa shape index (κ3) is 5.01.